The molecule has 7 rings (SSSR count). The van der Waals surface area contributed by atoms with Gasteiger partial charge >= 0.3 is 16.4 Å². The van der Waals surface area contributed by atoms with Gasteiger partial charge in [0.15, 0.2) is 18.7 Å². The van der Waals surface area contributed by atoms with Crippen LogP contribution < -0.4 is 0 Å². The van der Waals surface area contributed by atoms with Crippen molar-refractivity contribution in [2.45, 2.75) is 166 Å². The molecule has 3 saturated heterocycles. The Morgan fingerprint density at radius 1 is 0.875 bits per heavy atom. The van der Waals surface area contributed by atoms with Gasteiger partial charge in [-0.2, -0.15) is 8.42 Å². The standard InChI is InChI=1S/C39H62O16S/c1-16(2)17(3)31-32(52-31)18(4)21-7-8-22-20-14-26(55-56(47,48)49)24-13-19(9-11-39(24,6)23(20)10-12-38(21,22)5)51-37-34(29(43)28(42)33(53-37)35(45)46)54-36-30(44)27(41)25(40)15-50-36/h10,16-22,24-34,36-37,40-44H,7-9,11-15H2,1-6H3,(H,45,46)(H,47,48,49)/t17-,18-,19-,20?,21+,22?,24?,25-,26-,27-,28-,29-,30+,31-,32-,33-,34+,36-,37+,38+,39+/m0/s1. The van der Waals surface area contributed by atoms with Crippen molar-refractivity contribution in [1.82, 2.24) is 0 Å². The summed E-state index contributed by atoms with van der Waals surface area (Å²) < 4.78 is 69.9. The summed E-state index contributed by atoms with van der Waals surface area (Å²) in [5, 5.41) is 62.2. The SMILES string of the molecule is CC(C)[C@H](C)[C@@H]1O[C@H]1[C@@H](C)[C@H]1CCC2C3C[C@H](OS(=O)(=O)O)C4C[C@@H](O[C@@H]5O[C@H](C(=O)O)[C@@H](O)[C@H](O)[C@H]5O[C@@H]5OC[C@H](O)[C@H](O)[C@H]5O)CC[C@]4(C)C3=CC[C@@]21C. The Hall–Kier alpha value is -1.32. The Kier molecular flexibility index (Phi) is 11.9. The average Bonchev–Trinajstić information content (AvgIpc) is 3.84. The maximum absolute atomic E-state index is 12.4. The third kappa shape index (κ3) is 7.64. The van der Waals surface area contributed by atoms with Crippen LogP contribution >= 0.6 is 0 Å². The van der Waals surface area contributed by atoms with Gasteiger partial charge in [0, 0.05) is 0 Å². The van der Waals surface area contributed by atoms with Crippen LogP contribution in [0.4, 0.5) is 0 Å². The first-order chi connectivity index (χ1) is 26.2. The minimum absolute atomic E-state index is 0.0273. The van der Waals surface area contributed by atoms with Crippen LogP contribution in [-0.4, -0.2) is 136 Å². The second-order valence-electron chi connectivity index (χ2n) is 18.7. The molecule has 3 unspecified atom stereocenters. The number of allylic oxidation sites excluding steroid dienone is 2. The van der Waals surface area contributed by atoms with E-state index >= 15 is 0 Å². The summed E-state index contributed by atoms with van der Waals surface area (Å²) in [5.74, 6) is 0.0835. The predicted octanol–water partition coefficient (Wildman–Crippen LogP) is 1.80. The molecule has 6 fully saturated rings. The number of rotatable bonds is 11. The third-order valence-electron chi connectivity index (χ3n) is 15.4. The van der Waals surface area contributed by atoms with Crippen LogP contribution in [0.1, 0.15) is 86.5 Å². The first-order valence-corrected chi connectivity index (χ1v) is 21.8. The smallest absolute Gasteiger partial charge is 0.397 e. The lowest BCUT2D eigenvalue weighted by Crippen LogP contribution is -2.64. The van der Waals surface area contributed by atoms with Gasteiger partial charge in [-0.05, 0) is 97.2 Å². The Labute approximate surface area is 328 Å². The maximum Gasteiger partial charge on any atom is 0.397 e. The fourth-order valence-electron chi connectivity index (χ4n) is 11.9. The van der Waals surface area contributed by atoms with Gasteiger partial charge in [0.25, 0.3) is 0 Å². The molecule has 7 aliphatic rings. The molecule has 17 heteroatoms. The minimum Gasteiger partial charge on any atom is -0.479 e. The molecular formula is C39H62O16S. The van der Waals surface area contributed by atoms with Gasteiger partial charge in [-0.1, -0.05) is 53.2 Å². The molecule has 0 aromatic heterocycles. The molecule has 4 aliphatic carbocycles. The maximum atomic E-state index is 12.4. The van der Waals surface area contributed by atoms with Crippen LogP contribution in [0.5, 0.6) is 0 Å². The summed E-state index contributed by atoms with van der Waals surface area (Å²) in [6.45, 7) is 13.1. The van der Waals surface area contributed by atoms with E-state index in [1.165, 1.54) is 5.57 Å². The lowest BCUT2D eigenvalue weighted by Gasteiger charge is -2.59. The van der Waals surface area contributed by atoms with Crippen LogP contribution in [0.25, 0.3) is 0 Å². The van der Waals surface area contributed by atoms with E-state index in [2.05, 4.69) is 47.6 Å². The first-order valence-electron chi connectivity index (χ1n) is 20.4. The first kappa shape index (κ1) is 42.8. The minimum atomic E-state index is -4.86. The number of aliphatic hydroxyl groups excluding tert-OH is 5. The summed E-state index contributed by atoms with van der Waals surface area (Å²) in [7, 11) is -4.86. The molecule has 0 amide bonds. The van der Waals surface area contributed by atoms with Crippen LogP contribution in [0.15, 0.2) is 11.6 Å². The van der Waals surface area contributed by atoms with E-state index in [9.17, 15) is 48.4 Å². The monoisotopic (exact) mass is 818 g/mol. The molecule has 0 radical (unpaired) electrons. The number of aliphatic hydroxyl groups is 5. The highest BCUT2D eigenvalue weighted by atomic mass is 32.3. The molecule has 16 nitrogen and oxygen atoms in total. The zero-order chi connectivity index (χ0) is 40.8. The topological polar surface area (TPSA) is 251 Å². The van der Waals surface area contributed by atoms with Gasteiger partial charge in [0.1, 0.15) is 36.6 Å². The Morgan fingerprint density at radius 2 is 1.59 bits per heavy atom. The van der Waals surface area contributed by atoms with Gasteiger partial charge in [-0.3, -0.25) is 4.55 Å². The van der Waals surface area contributed by atoms with Gasteiger partial charge in [-0.25, -0.2) is 8.98 Å². The molecule has 7 N–H and O–H groups in total. The second-order valence-corrected chi connectivity index (χ2v) is 19.8. The number of ether oxygens (including phenoxy) is 5. The molecule has 0 aromatic carbocycles. The fraction of sp³-hybridized carbons (Fsp3) is 0.923. The number of carboxylic acids is 1. The van der Waals surface area contributed by atoms with E-state index in [0.717, 1.165) is 19.3 Å². The largest absolute Gasteiger partial charge is 0.479 e. The zero-order valence-corrected chi connectivity index (χ0v) is 33.8. The zero-order valence-electron chi connectivity index (χ0n) is 33.0. The van der Waals surface area contributed by atoms with Crippen molar-refractivity contribution >= 4 is 16.4 Å². The molecule has 56 heavy (non-hydrogen) atoms. The average molecular weight is 819 g/mol. The van der Waals surface area contributed by atoms with Crippen LogP contribution in [0.2, 0.25) is 0 Å². The van der Waals surface area contributed by atoms with Crippen molar-refractivity contribution in [3.05, 3.63) is 11.6 Å². The van der Waals surface area contributed by atoms with Crippen molar-refractivity contribution < 1.29 is 76.3 Å². The number of aliphatic carboxylic acids is 1. The lowest BCUT2D eigenvalue weighted by atomic mass is 9.47. The molecule has 3 aliphatic heterocycles. The highest BCUT2D eigenvalue weighted by molar-refractivity contribution is 7.80. The van der Waals surface area contributed by atoms with E-state index in [1.807, 2.05) is 0 Å². The van der Waals surface area contributed by atoms with Crippen molar-refractivity contribution in [3.63, 3.8) is 0 Å². The highest BCUT2D eigenvalue weighted by Crippen LogP contribution is 2.67. The summed E-state index contributed by atoms with van der Waals surface area (Å²) >= 11 is 0. The molecule has 3 heterocycles. The normalized spacial score (nSPS) is 50.3. The van der Waals surface area contributed by atoms with Crippen LogP contribution in [-0.2, 0) is 43.1 Å². The molecule has 3 saturated carbocycles. The van der Waals surface area contributed by atoms with Crippen LogP contribution in [0, 0.1) is 52.3 Å². The summed E-state index contributed by atoms with van der Waals surface area (Å²) in [6, 6.07) is 0. The van der Waals surface area contributed by atoms with E-state index in [1.54, 1.807) is 0 Å². The number of hydrogen-bond donors (Lipinski definition) is 7. The van der Waals surface area contributed by atoms with Crippen LogP contribution in [0.3, 0.4) is 0 Å². The van der Waals surface area contributed by atoms with Crippen molar-refractivity contribution in [2.75, 3.05) is 6.61 Å². The predicted molar refractivity (Wildman–Crippen MR) is 195 cm³/mol. The third-order valence-corrected chi connectivity index (χ3v) is 15.9. The molecule has 0 spiro atoms. The molecule has 0 aromatic rings. The Morgan fingerprint density at radius 3 is 2.25 bits per heavy atom. The summed E-state index contributed by atoms with van der Waals surface area (Å²) in [6.07, 6.45) is -9.71. The second kappa shape index (κ2) is 15.6. The van der Waals surface area contributed by atoms with Gasteiger partial charge in [-0.15, -0.1) is 0 Å². The number of hydrogen-bond acceptors (Lipinski definition) is 14. The summed E-state index contributed by atoms with van der Waals surface area (Å²) in [5.41, 5.74) is 0.713. The van der Waals surface area contributed by atoms with Gasteiger partial charge < -0.3 is 54.3 Å². The Balaban J connectivity index is 1.12. The molecule has 0 bridgehead atoms. The van der Waals surface area contributed by atoms with E-state index in [4.69, 9.17) is 27.9 Å². The highest BCUT2D eigenvalue weighted by Gasteiger charge is 2.63. The van der Waals surface area contributed by atoms with E-state index in [0.29, 0.717) is 42.9 Å². The lowest BCUT2D eigenvalue weighted by molar-refractivity contribution is -0.359. The molecule has 21 atom stereocenters. The summed E-state index contributed by atoms with van der Waals surface area (Å²) in [4.78, 5) is 12.0. The fourth-order valence-corrected chi connectivity index (χ4v) is 12.4. The molecular weight excluding hydrogens is 756 g/mol. The van der Waals surface area contributed by atoms with Gasteiger partial charge in [0.05, 0.1) is 31.0 Å². The number of carboxylic acid groups (broad SMARTS) is 1. The van der Waals surface area contributed by atoms with Crippen molar-refractivity contribution in [2.24, 2.45) is 52.3 Å². The number of epoxide rings is 1. The molecule has 320 valence electrons. The van der Waals surface area contributed by atoms with Crippen molar-refractivity contribution in [1.29, 1.82) is 0 Å². The number of fused-ring (bicyclic) bond motifs is 5. The number of carbonyl (C=O) groups is 1. The quantitative estimate of drug-likeness (QED) is 0.0680. The van der Waals surface area contributed by atoms with E-state index in [-0.39, 0.29) is 35.9 Å². The van der Waals surface area contributed by atoms with E-state index < -0.39 is 102 Å². The van der Waals surface area contributed by atoms with Gasteiger partial charge in [0.2, 0.25) is 0 Å². The Bertz CT molecular complexity index is 1590. The van der Waals surface area contributed by atoms with Crippen molar-refractivity contribution in [3.8, 4) is 0 Å².